The lowest BCUT2D eigenvalue weighted by Gasteiger charge is -2.48. The first kappa shape index (κ1) is 41.0. The zero-order valence-electron chi connectivity index (χ0n) is 32.6. The molecule has 2 amide bonds. The highest BCUT2D eigenvalue weighted by molar-refractivity contribution is 6.04. The molecule has 4 rings (SSSR count). The number of cyclic esters (lactones) is 1. The third-order valence-corrected chi connectivity index (χ3v) is 11.6. The minimum absolute atomic E-state index is 0.0525. The number of Topliss-reactive ketones (excluding diaryl/α,β-unsaturated/α-hetero) is 1. The summed E-state index contributed by atoms with van der Waals surface area (Å²) in [7, 11) is 9.06. The molecule has 13 nitrogen and oxygen atoms in total. The number of piperidine rings is 1. The van der Waals surface area contributed by atoms with Crippen molar-refractivity contribution in [2.75, 3.05) is 66.9 Å². The highest BCUT2D eigenvalue weighted by Gasteiger charge is 2.52. The smallest absolute Gasteiger partial charge is 0.321 e. The minimum atomic E-state index is -1.50. The van der Waals surface area contributed by atoms with Crippen molar-refractivity contribution in [3.63, 3.8) is 0 Å². The average Bonchev–Trinajstić information content (AvgIpc) is 3.09. The molecule has 3 aliphatic heterocycles. The van der Waals surface area contributed by atoms with Crippen LogP contribution in [-0.2, 0) is 28.5 Å². The molecule has 0 aromatic heterocycles. The van der Waals surface area contributed by atoms with Gasteiger partial charge < -0.3 is 43.9 Å². The number of hydrogen-bond donors (Lipinski definition) is 2. The highest BCUT2D eigenvalue weighted by atomic mass is 16.7. The second kappa shape index (κ2) is 16.5. The lowest BCUT2D eigenvalue weighted by molar-refractivity contribution is -0.295. The minimum Gasteiger partial charge on any atom is -0.497 e. The summed E-state index contributed by atoms with van der Waals surface area (Å²) in [6.07, 6.45) is -0.721. The number of amides is 2. The number of methoxy groups -OCH3 is 2. The second-order valence-corrected chi connectivity index (χ2v) is 16.1. The number of rotatable bonds is 6. The Balaban J connectivity index is 1.59. The van der Waals surface area contributed by atoms with Crippen LogP contribution in [0.15, 0.2) is 24.3 Å². The maximum atomic E-state index is 14.4. The highest BCUT2D eigenvalue weighted by Crippen LogP contribution is 2.40. The van der Waals surface area contributed by atoms with Gasteiger partial charge in [-0.3, -0.25) is 14.5 Å². The number of aliphatic hydroxyl groups is 1. The molecule has 3 aliphatic rings. The van der Waals surface area contributed by atoms with Crippen LogP contribution < -0.4 is 10.1 Å². The normalized spacial score (nSPS) is 33.9. The average molecular weight is 719 g/mol. The number of ether oxygens (including phenoxy) is 5. The largest absolute Gasteiger partial charge is 0.497 e. The predicted molar refractivity (Wildman–Crippen MR) is 194 cm³/mol. The molecule has 1 aromatic rings. The Morgan fingerprint density at radius 3 is 2.24 bits per heavy atom. The van der Waals surface area contributed by atoms with E-state index in [1.54, 1.807) is 64.2 Å². The van der Waals surface area contributed by atoms with E-state index in [4.69, 9.17) is 23.7 Å². The molecule has 0 bridgehead atoms. The van der Waals surface area contributed by atoms with E-state index in [9.17, 15) is 19.5 Å². The summed E-state index contributed by atoms with van der Waals surface area (Å²) in [4.78, 5) is 47.4. The number of likely N-dealkylation sites (tertiary alicyclic amines) is 1. The van der Waals surface area contributed by atoms with E-state index in [0.717, 1.165) is 0 Å². The van der Waals surface area contributed by atoms with Crippen LogP contribution in [0.2, 0.25) is 0 Å². The van der Waals surface area contributed by atoms with Crippen molar-refractivity contribution in [1.29, 1.82) is 0 Å². The number of aliphatic hydroxyl groups excluding tert-OH is 1. The molecule has 3 fully saturated rings. The van der Waals surface area contributed by atoms with Gasteiger partial charge in [-0.05, 0) is 105 Å². The number of nitrogens with zero attached hydrogens (tertiary/aromatic N) is 3. The van der Waals surface area contributed by atoms with Gasteiger partial charge >= 0.3 is 12.0 Å². The summed E-state index contributed by atoms with van der Waals surface area (Å²) in [6.45, 7) is 12.6. The van der Waals surface area contributed by atoms with E-state index >= 15 is 0 Å². The van der Waals surface area contributed by atoms with Crippen LogP contribution in [0.4, 0.5) is 10.5 Å². The molecular formula is C38H62N4O9. The Morgan fingerprint density at radius 1 is 1.04 bits per heavy atom. The van der Waals surface area contributed by atoms with Crippen LogP contribution in [0.5, 0.6) is 5.75 Å². The Labute approximate surface area is 304 Å². The lowest BCUT2D eigenvalue weighted by atomic mass is 9.74. The molecule has 1 aromatic carbocycles. The number of anilines is 1. The third kappa shape index (κ3) is 9.05. The summed E-state index contributed by atoms with van der Waals surface area (Å²) in [5.74, 6) is -1.02. The SMILES string of the molecule is COc1ccc(NC(=O)N2CCC3(CC2)COC(=O)C(C)(C)C(=O)[C@H](C)[C@@H](O[C@@H]2O[C@H](C)C[C@H](N(C)C)[C@H]2O)[C@](C)(OC)C[C@@H](C)CN3C)cc1. The van der Waals surface area contributed by atoms with E-state index in [-0.39, 0.29) is 36.5 Å². The summed E-state index contributed by atoms with van der Waals surface area (Å²) in [5.41, 5.74) is -2.38. The van der Waals surface area contributed by atoms with Gasteiger partial charge in [0.2, 0.25) is 0 Å². The van der Waals surface area contributed by atoms with Gasteiger partial charge in [0.05, 0.1) is 30.5 Å². The first-order chi connectivity index (χ1) is 23.9. The Hall–Kier alpha value is -2.81. The van der Waals surface area contributed by atoms with Gasteiger partial charge in [-0.25, -0.2) is 4.79 Å². The second-order valence-electron chi connectivity index (χ2n) is 16.1. The number of ketones is 1. The fraction of sp³-hybridized carbons (Fsp3) is 0.763. The van der Waals surface area contributed by atoms with Crippen LogP contribution in [0, 0.1) is 17.3 Å². The standard InChI is InChI=1S/C38H62N4O9/c1-24-21-37(6,48-11)32(51-33-30(43)29(40(7)8)20-25(2)50-33)26(3)31(44)36(4,5)34(45)49-23-38(41(9)22-24)16-18-42(19-17-38)35(46)39-27-12-14-28(47-10)15-13-27/h12-15,24-26,29-30,32-33,43H,16-23H2,1-11H3,(H,39,46)/t24-,25-,26+,29+,30-,32-,33+,37-/m1/s1. The fourth-order valence-corrected chi connectivity index (χ4v) is 8.15. The van der Waals surface area contributed by atoms with Gasteiger partial charge in [0, 0.05) is 44.4 Å². The van der Waals surface area contributed by atoms with Crippen LogP contribution in [-0.4, -0.2) is 141 Å². The van der Waals surface area contributed by atoms with Crippen LogP contribution in [0.25, 0.3) is 0 Å². The number of carbonyl (C=O) groups is 3. The molecule has 0 unspecified atom stereocenters. The first-order valence-corrected chi connectivity index (χ1v) is 18.2. The maximum Gasteiger partial charge on any atom is 0.321 e. The van der Waals surface area contributed by atoms with Crippen molar-refractivity contribution in [2.45, 2.75) is 109 Å². The molecule has 0 aliphatic carbocycles. The van der Waals surface area contributed by atoms with Crippen molar-refractivity contribution in [3.05, 3.63) is 24.3 Å². The molecular weight excluding hydrogens is 656 g/mol. The fourth-order valence-electron chi connectivity index (χ4n) is 8.15. The van der Waals surface area contributed by atoms with Crippen LogP contribution in [0.1, 0.15) is 67.2 Å². The quantitative estimate of drug-likeness (QED) is 0.326. The molecule has 288 valence electrons. The number of nitrogens with one attached hydrogen (secondary N) is 1. The van der Waals surface area contributed by atoms with Crippen molar-refractivity contribution < 1.29 is 43.2 Å². The molecule has 0 saturated carbocycles. The van der Waals surface area contributed by atoms with E-state index < -0.39 is 46.9 Å². The summed E-state index contributed by atoms with van der Waals surface area (Å²) in [6, 6.07) is 6.78. The number of benzene rings is 1. The van der Waals surface area contributed by atoms with Gasteiger partial charge in [0.1, 0.15) is 23.9 Å². The van der Waals surface area contributed by atoms with Crippen molar-refractivity contribution in [2.24, 2.45) is 17.3 Å². The molecule has 51 heavy (non-hydrogen) atoms. The molecule has 1 spiro atoms. The summed E-state index contributed by atoms with van der Waals surface area (Å²) >= 11 is 0. The van der Waals surface area contributed by atoms with Crippen LogP contribution in [0.3, 0.4) is 0 Å². The molecule has 3 saturated heterocycles. The number of carbonyl (C=O) groups excluding carboxylic acids is 3. The third-order valence-electron chi connectivity index (χ3n) is 11.6. The zero-order valence-corrected chi connectivity index (χ0v) is 32.6. The lowest BCUT2D eigenvalue weighted by Crippen LogP contribution is -2.59. The number of likely N-dealkylation sites (N-methyl/N-ethyl adjacent to an activating group) is 2. The van der Waals surface area contributed by atoms with E-state index in [1.165, 1.54) is 0 Å². The van der Waals surface area contributed by atoms with E-state index in [2.05, 4.69) is 17.1 Å². The van der Waals surface area contributed by atoms with E-state index in [0.29, 0.717) is 56.8 Å². The summed E-state index contributed by atoms with van der Waals surface area (Å²) < 4.78 is 30.3. The van der Waals surface area contributed by atoms with E-state index in [1.807, 2.05) is 39.9 Å². The molecule has 2 N–H and O–H groups in total. The monoisotopic (exact) mass is 718 g/mol. The van der Waals surface area contributed by atoms with Gasteiger partial charge in [-0.1, -0.05) is 13.8 Å². The molecule has 8 atom stereocenters. The summed E-state index contributed by atoms with van der Waals surface area (Å²) in [5, 5.41) is 14.3. The van der Waals surface area contributed by atoms with Crippen molar-refractivity contribution in [1.82, 2.24) is 14.7 Å². The topological polar surface area (TPSA) is 139 Å². The predicted octanol–water partition coefficient (Wildman–Crippen LogP) is 4.02. The Morgan fingerprint density at radius 2 is 1.67 bits per heavy atom. The van der Waals surface area contributed by atoms with Gasteiger partial charge in [-0.2, -0.15) is 0 Å². The molecule has 0 radical (unpaired) electrons. The van der Waals surface area contributed by atoms with Crippen molar-refractivity contribution in [3.8, 4) is 5.75 Å². The van der Waals surface area contributed by atoms with Gasteiger partial charge in [0.15, 0.2) is 12.1 Å². The number of urea groups is 1. The first-order valence-electron chi connectivity index (χ1n) is 18.2. The zero-order chi connectivity index (χ0) is 37.9. The Kier molecular flexibility index (Phi) is 13.2. The van der Waals surface area contributed by atoms with Crippen molar-refractivity contribution >= 4 is 23.5 Å². The van der Waals surface area contributed by atoms with Gasteiger partial charge in [-0.15, -0.1) is 0 Å². The Bertz CT molecular complexity index is 1350. The van der Waals surface area contributed by atoms with Crippen LogP contribution >= 0.6 is 0 Å². The maximum absolute atomic E-state index is 14.4. The number of esters is 1. The molecule has 13 heteroatoms. The van der Waals surface area contributed by atoms with Gasteiger partial charge in [0.25, 0.3) is 0 Å². The number of hydrogen-bond acceptors (Lipinski definition) is 11. The molecule has 3 heterocycles.